The van der Waals surface area contributed by atoms with Crippen molar-refractivity contribution in [3.05, 3.63) is 42.6 Å². The molecule has 13 heavy (non-hydrogen) atoms. The molecule has 1 aromatic rings. The second kappa shape index (κ2) is 2.54. The number of hydrogen-bond donors (Lipinski definition) is 0. The van der Waals surface area contributed by atoms with E-state index in [2.05, 4.69) is 40.8 Å². The van der Waals surface area contributed by atoms with Crippen molar-refractivity contribution in [2.45, 2.75) is 0 Å². The third kappa shape index (κ3) is 0.956. The maximum atomic E-state index is 4.15. The zero-order valence-electron chi connectivity index (χ0n) is 6.90. The molecule has 0 bridgehead atoms. The molecule has 62 valence electrons. The van der Waals surface area contributed by atoms with Crippen LogP contribution in [0.1, 0.15) is 0 Å². The Balaban J connectivity index is 2.56. The highest BCUT2D eigenvalue weighted by molar-refractivity contribution is 7.09. The summed E-state index contributed by atoms with van der Waals surface area (Å²) in [6.45, 7) is 0. The van der Waals surface area contributed by atoms with Crippen molar-refractivity contribution in [1.82, 2.24) is 4.37 Å². The minimum Gasteiger partial charge on any atom is -0.201 e. The van der Waals surface area contributed by atoms with E-state index in [1.165, 1.54) is 21.2 Å². The monoisotopic (exact) mass is 185 g/mol. The van der Waals surface area contributed by atoms with Crippen LogP contribution in [0.15, 0.2) is 42.6 Å². The average Bonchev–Trinajstić information content (AvgIpc) is 2.56. The van der Waals surface area contributed by atoms with Gasteiger partial charge in [0.25, 0.3) is 0 Å². The summed E-state index contributed by atoms with van der Waals surface area (Å²) in [6.07, 6.45) is 1.86. The van der Waals surface area contributed by atoms with Crippen LogP contribution in [0.2, 0.25) is 0 Å². The number of fused-ring (bicyclic) bond motifs is 3. The highest BCUT2D eigenvalue weighted by atomic mass is 32.1. The first kappa shape index (κ1) is 7.04. The minimum absolute atomic E-state index is 1.27. The summed E-state index contributed by atoms with van der Waals surface area (Å²) in [4.78, 5) is 1.27. The Bertz CT molecular complexity index is 527. The van der Waals surface area contributed by atoms with Crippen LogP contribution in [-0.2, 0) is 0 Å². The average molecular weight is 185 g/mol. The second-order valence-electron chi connectivity index (χ2n) is 3.02. The van der Waals surface area contributed by atoms with E-state index < -0.39 is 0 Å². The van der Waals surface area contributed by atoms with Crippen LogP contribution in [-0.4, -0.2) is 4.37 Å². The summed E-state index contributed by atoms with van der Waals surface area (Å²) in [5.41, 5.74) is 1.32. The SMILES string of the molecule is c1ccc2c3ccnsc-3cc2c1. The molecule has 1 heterocycles. The molecule has 1 aliphatic heterocycles. The van der Waals surface area contributed by atoms with Gasteiger partial charge in [0.1, 0.15) is 0 Å². The van der Waals surface area contributed by atoms with Crippen LogP contribution in [0.5, 0.6) is 0 Å². The third-order valence-corrected chi connectivity index (χ3v) is 3.02. The molecule has 0 spiro atoms. The van der Waals surface area contributed by atoms with E-state index in [1.807, 2.05) is 6.20 Å². The van der Waals surface area contributed by atoms with Crippen LogP contribution >= 0.6 is 11.5 Å². The van der Waals surface area contributed by atoms with Crippen molar-refractivity contribution in [1.29, 1.82) is 0 Å². The van der Waals surface area contributed by atoms with E-state index in [0.29, 0.717) is 0 Å². The van der Waals surface area contributed by atoms with Gasteiger partial charge in [-0.3, -0.25) is 0 Å². The maximum Gasteiger partial charge on any atom is 0.0547 e. The molecule has 0 aromatic heterocycles. The number of rotatable bonds is 0. The fourth-order valence-electron chi connectivity index (χ4n) is 1.66. The Morgan fingerprint density at radius 3 is 3.00 bits per heavy atom. The molecule has 0 N–H and O–H groups in total. The van der Waals surface area contributed by atoms with Gasteiger partial charge in [0, 0.05) is 11.8 Å². The Hall–Kier alpha value is -1.41. The third-order valence-electron chi connectivity index (χ3n) is 2.26. The lowest BCUT2D eigenvalue weighted by molar-refractivity contribution is 1.53. The van der Waals surface area contributed by atoms with E-state index in [9.17, 15) is 0 Å². The number of nitrogens with zero attached hydrogens (tertiary/aromatic N) is 1. The molecule has 0 saturated carbocycles. The van der Waals surface area contributed by atoms with Gasteiger partial charge in [-0.05, 0) is 34.4 Å². The summed E-state index contributed by atoms with van der Waals surface area (Å²) in [7, 11) is 0. The van der Waals surface area contributed by atoms with Crippen molar-refractivity contribution in [2.24, 2.45) is 0 Å². The van der Waals surface area contributed by atoms with Gasteiger partial charge < -0.3 is 0 Å². The summed E-state index contributed by atoms with van der Waals surface area (Å²) in [5, 5.41) is 2.64. The standard InChI is InChI=1S/C11H7NS/c1-2-4-9-8(3-1)7-11-10(9)5-6-12-13-11/h1-7H. The molecule has 0 fully saturated rings. The molecule has 0 unspecified atom stereocenters. The molecule has 1 aliphatic carbocycles. The first-order valence-corrected chi connectivity index (χ1v) is 4.95. The Kier molecular flexibility index (Phi) is 1.37. The molecule has 2 aliphatic rings. The van der Waals surface area contributed by atoms with E-state index in [0.717, 1.165) is 0 Å². The smallest absolute Gasteiger partial charge is 0.0547 e. The lowest BCUT2D eigenvalue weighted by Gasteiger charge is -1.94. The molecular formula is C11H7NS. The van der Waals surface area contributed by atoms with Crippen LogP contribution in [0.25, 0.3) is 21.2 Å². The summed E-state index contributed by atoms with van der Waals surface area (Å²) >= 11 is 1.55. The quantitative estimate of drug-likeness (QED) is 0.523. The normalized spacial score (nSPS) is 11.1. The van der Waals surface area contributed by atoms with Gasteiger partial charge in [0.15, 0.2) is 0 Å². The van der Waals surface area contributed by atoms with Crippen LogP contribution in [0.4, 0.5) is 0 Å². The molecule has 0 atom stereocenters. The summed E-state index contributed by atoms with van der Waals surface area (Å²) < 4.78 is 4.15. The molecule has 1 nitrogen and oxygen atoms in total. The first-order valence-electron chi connectivity index (χ1n) is 4.17. The van der Waals surface area contributed by atoms with E-state index >= 15 is 0 Å². The largest absolute Gasteiger partial charge is 0.201 e. The number of aromatic nitrogens is 1. The molecule has 2 heteroatoms. The van der Waals surface area contributed by atoms with Gasteiger partial charge in [0.05, 0.1) is 4.88 Å². The molecule has 0 amide bonds. The van der Waals surface area contributed by atoms with Gasteiger partial charge in [-0.2, -0.15) is 0 Å². The Morgan fingerprint density at radius 1 is 1.08 bits per heavy atom. The van der Waals surface area contributed by atoms with Gasteiger partial charge in [-0.15, -0.1) is 0 Å². The lowest BCUT2D eigenvalue weighted by Crippen LogP contribution is -1.70. The maximum absolute atomic E-state index is 4.15. The van der Waals surface area contributed by atoms with Crippen molar-refractivity contribution in [3.63, 3.8) is 0 Å². The predicted molar refractivity (Wildman–Crippen MR) is 56.2 cm³/mol. The highest BCUT2D eigenvalue weighted by Crippen LogP contribution is 2.35. The van der Waals surface area contributed by atoms with Crippen molar-refractivity contribution >= 4 is 22.3 Å². The van der Waals surface area contributed by atoms with Gasteiger partial charge in [0.2, 0.25) is 0 Å². The molecule has 0 saturated heterocycles. The van der Waals surface area contributed by atoms with Crippen molar-refractivity contribution in [3.8, 4) is 10.4 Å². The van der Waals surface area contributed by atoms with Gasteiger partial charge >= 0.3 is 0 Å². The summed E-state index contributed by atoms with van der Waals surface area (Å²) in [5.74, 6) is 0. The number of benzene rings is 1. The number of hydrogen-bond acceptors (Lipinski definition) is 2. The van der Waals surface area contributed by atoms with Gasteiger partial charge in [-0.1, -0.05) is 24.3 Å². The fraction of sp³-hybridized carbons (Fsp3) is 0. The lowest BCUT2D eigenvalue weighted by atomic mass is 10.2. The topological polar surface area (TPSA) is 12.9 Å². The Morgan fingerprint density at radius 2 is 2.00 bits per heavy atom. The molecule has 0 radical (unpaired) electrons. The molecule has 3 rings (SSSR count). The summed E-state index contributed by atoms with van der Waals surface area (Å²) in [6, 6.07) is 12.7. The first-order chi connectivity index (χ1) is 6.45. The zero-order chi connectivity index (χ0) is 8.67. The highest BCUT2D eigenvalue weighted by Gasteiger charge is 2.08. The zero-order valence-corrected chi connectivity index (χ0v) is 7.71. The van der Waals surface area contributed by atoms with Crippen LogP contribution in [0, 0.1) is 0 Å². The second-order valence-corrected chi connectivity index (χ2v) is 3.86. The van der Waals surface area contributed by atoms with Gasteiger partial charge in [-0.25, -0.2) is 4.37 Å². The van der Waals surface area contributed by atoms with Crippen molar-refractivity contribution < 1.29 is 0 Å². The van der Waals surface area contributed by atoms with E-state index in [1.54, 1.807) is 11.5 Å². The van der Waals surface area contributed by atoms with Crippen LogP contribution in [0.3, 0.4) is 0 Å². The fourth-order valence-corrected chi connectivity index (χ4v) is 2.35. The Labute approximate surface area is 80.2 Å². The van der Waals surface area contributed by atoms with Crippen molar-refractivity contribution in [2.75, 3.05) is 0 Å². The predicted octanol–water partition coefficient (Wildman–Crippen LogP) is 3.40. The van der Waals surface area contributed by atoms with E-state index in [-0.39, 0.29) is 0 Å². The van der Waals surface area contributed by atoms with E-state index in [4.69, 9.17) is 0 Å². The molecular weight excluding hydrogens is 178 g/mol. The minimum atomic E-state index is 1.27. The van der Waals surface area contributed by atoms with Crippen LogP contribution < -0.4 is 0 Å². The molecule has 1 aromatic carbocycles.